The Hall–Kier alpha value is -4.86. The SMILES string of the molecule is C=C(Cn1ccnc1)[C@H]1CC[C@H]2[C@@H]3CC[C@@H]4C[C@@](O)(C#CCl)CC[C@@H]4[C@H]3CC[C@]12C.C=C(Cn1ccnc1)[C@H]1CC[C@H]2[C@@H]3CC[C@@H]4C[C@@](O)(C(F)F)CC[C@@H]4[C@H]3CC[C@]12C.C=C(Cn1nccn1)[C@H]1CC[C@H]2[C@@H]3CC[C@@H]4C[C@@](O)(CF)CC[C@@H]4[C@H]3CC[C@]12C.C=C(Cn1nccn1)[C@H]1CC[C@H]2[C@@H]3CC[C@@H]4C[C@](C)(O)CC[C@@H]4[C@H]3CC[C@]12C. The molecule has 18 heteroatoms. The second-order valence-corrected chi connectivity index (χ2v) is 44.3. The van der Waals surface area contributed by atoms with Crippen molar-refractivity contribution >= 4 is 11.6 Å². The van der Waals surface area contributed by atoms with Gasteiger partial charge < -0.3 is 29.6 Å². The monoisotopic (exact) mass is 1630 g/mol. The smallest absolute Gasteiger partial charge is 0.266 e. The number of allylic oxidation sites excluding steroid dienone is 4. The summed E-state index contributed by atoms with van der Waals surface area (Å²) in [5.41, 5.74) is 2.84. The Morgan fingerprint density at radius 2 is 0.735 bits per heavy atom. The van der Waals surface area contributed by atoms with Crippen LogP contribution in [0.15, 0.2) is 111 Å². The van der Waals surface area contributed by atoms with Crippen molar-refractivity contribution in [1.82, 2.24) is 49.1 Å². The van der Waals surface area contributed by atoms with Crippen molar-refractivity contribution in [3.05, 3.63) is 111 Å². The van der Waals surface area contributed by atoms with Gasteiger partial charge in [-0.2, -0.15) is 30.0 Å². The van der Waals surface area contributed by atoms with E-state index in [-0.39, 0.29) is 12.3 Å². The molecule has 16 fully saturated rings. The van der Waals surface area contributed by atoms with Gasteiger partial charge in [-0.3, -0.25) is 0 Å². The molecule has 4 heterocycles. The Balaban J connectivity index is 0.000000112. The summed E-state index contributed by atoms with van der Waals surface area (Å²) in [6, 6.07) is 0. The molecule has 4 N–H and O–H groups in total. The third-order valence-corrected chi connectivity index (χ3v) is 38.9. The molecule has 642 valence electrons. The molecule has 16 aliphatic rings. The number of rotatable bonds is 14. The van der Waals surface area contributed by atoms with Crippen LogP contribution >= 0.6 is 11.6 Å². The first-order chi connectivity index (χ1) is 56.1. The minimum Gasteiger partial charge on any atom is -0.390 e. The number of hydrogen-bond acceptors (Lipinski definition) is 10. The van der Waals surface area contributed by atoms with E-state index < -0.39 is 35.5 Å². The van der Waals surface area contributed by atoms with E-state index >= 15 is 0 Å². The van der Waals surface area contributed by atoms with Gasteiger partial charge in [-0.25, -0.2) is 23.1 Å². The quantitative estimate of drug-likeness (QED) is 0.0702. The van der Waals surface area contributed by atoms with Gasteiger partial charge in [0.05, 0.1) is 61.7 Å². The average Bonchev–Trinajstić information content (AvgIpc) is 1.66. The van der Waals surface area contributed by atoms with Crippen LogP contribution < -0.4 is 0 Å². The van der Waals surface area contributed by atoms with Crippen LogP contribution in [0.3, 0.4) is 0 Å². The van der Waals surface area contributed by atoms with Crippen molar-refractivity contribution in [2.24, 2.45) is 164 Å². The summed E-state index contributed by atoms with van der Waals surface area (Å²) < 4.78 is 44.5. The Kier molecular flexibility index (Phi) is 24.0. The highest BCUT2D eigenvalue weighted by molar-refractivity contribution is 6.30. The van der Waals surface area contributed by atoms with E-state index in [4.69, 9.17) is 11.6 Å². The number of nitrogens with zero attached hydrogens (tertiary/aromatic N) is 10. The number of imidazole rings is 2. The van der Waals surface area contributed by atoms with Gasteiger partial charge in [0.2, 0.25) is 0 Å². The third kappa shape index (κ3) is 15.9. The molecule has 0 bridgehead atoms. The lowest BCUT2D eigenvalue weighted by atomic mass is 9.48. The highest BCUT2D eigenvalue weighted by Crippen LogP contribution is 2.71. The number of fused-ring (bicyclic) bond motifs is 20. The summed E-state index contributed by atoms with van der Waals surface area (Å²) in [5.74, 6) is 20.2. The lowest BCUT2D eigenvalue weighted by molar-refractivity contribution is -0.158. The molecule has 4 aromatic rings. The van der Waals surface area contributed by atoms with E-state index in [9.17, 15) is 33.6 Å². The number of aliphatic hydroxyl groups is 4. The van der Waals surface area contributed by atoms with Crippen LogP contribution in [-0.2, 0) is 26.2 Å². The van der Waals surface area contributed by atoms with Gasteiger partial charge in [0, 0.05) is 43.3 Å². The van der Waals surface area contributed by atoms with Crippen LogP contribution in [-0.4, -0.2) is 105 Å². The molecule has 0 radical (unpaired) electrons. The summed E-state index contributed by atoms with van der Waals surface area (Å²) in [7, 11) is 0. The fourth-order valence-electron chi connectivity index (χ4n) is 33.7. The highest BCUT2D eigenvalue weighted by Gasteiger charge is 2.64. The van der Waals surface area contributed by atoms with Gasteiger partial charge in [-0.05, 0) is 413 Å². The summed E-state index contributed by atoms with van der Waals surface area (Å²) in [4.78, 5) is 11.9. The Morgan fingerprint density at radius 1 is 0.393 bits per heavy atom. The summed E-state index contributed by atoms with van der Waals surface area (Å²) in [5, 5.41) is 61.9. The molecular formula is C99H144ClF3N10O4. The number of hydrogen-bond donors (Lipinski definition) is 4. The van der Waals surface area contributed by atoms with Crippen LogP contribution in [0.5, 0.6) is 0 Å². The normalized spacial score (nSPS) is 46.2. The van der Waals surface area contributed by atoms with Gasteiger partial charge in [0.15, 0.2) is 0 Å². The first-order valence-electron chi connectivity index (χ1n) is 47.2. The molecule has 16 saturated carbocycles. The molecule has 0 spiro atoms. The molecule has 16 aliphatic carbocycles. The van der Waals surface area contributed by atoms with Crippen molar-refractivity contribution in [3.63, 3.8) is 0 Å². The largest absolute Gasteiger partial charge is 0.390 e. The molecule has 0 aromatic carbocycles. The van der Waals surface area contributed by atoms with Gasteiger partial charge in [0.1, 0.15) is 17.9 Å². The minimum atomic E-state index is -2.61. The maximum absolute atomic E-state index is 13.4. The van der Waals surface area contributed by atoms with Crippen LogP contribution in [0.1, 0.15) is 266 Å². The summed E-state index contributed by atoms with van der Waals surface area (Å²) in [6.45, 7) is 33.0. The third-order valence-electron chi connectivity index (χ3n) is 38.8. The maximum atomic E-state index is 13.4. The van der Waals surface area contributed by atoms with Crippen molar-refractivity contribution in [2.45, 2.75) is 321 Å². The van der Waals surface area contributed by atoms with E-state index in [1.807, 2.05) is 31.2 Å². The molecule has 0 amide bonds. The summed E-state index contributed by atoms with van der Waals surface area (Å²) >= 11 is 5.64. The van der Waals surface area contributed by atoms with Crippen LogP contribution in [0, 0.1) is 175 Å². The molecule has 4 aromatic heterocycles. The van der Waals surface area contributed by atoms with Gasteiger partial charge in [-0.15, -0.1) is 0 Å². The van der Waals surface area contributed by atoms with E-state index in [1.54, 1.807) is 34.4 Å². The van der Waals surface area contributed by atoms with Gasteiger partial charge in [0.25, 0.3) is 6.43 Å². The van der Waals surface area contributed by atoms with Crippen LogP contribution in [0.4, 0.5) is 13.2 Å². The fourth-order valence-corrected chi connectivity index (χ4v) is 33.9. The minimum absolute atomic E-state index is 0.279. The first kappa shape index (κ1) is 84.4. The standard InChI is InChI=1S/C26H35ClN2O.C25H36F2N2O.C24H36FN3O.C24H37N3O/c1-18(16-29-14-13-28-17-29)23-5-6-24-22-4-3-19-15-26(30,11-12-27)10-8-20(19)21(22)7-9-25(23,24)2;1-16(14-29-12-11-28-15-29)21-5-6-22-20-4-3-17-13-25(30,23(26)27)10-8-18(17)19(20)7-9-24(21,22)2;1-16(14-28-26-11-12-27-28)21-5-6-22-20-4-3-17-13-24(29,15-25)10-8-18(17)19(20)7-9-23(21,22)2;1-16(15-27-25-12-13-26-27)21-6-7-22-20-5-4-17-14-23(2,28)10-8-18(17)19(20)9-11-24(21,22)3/h13-14,17,19-24,30H,1,3-10,15-16H2,2H3;11-12,15,17-23,30H,1,3-10,13-14H2,2H3;11-12,17-22,29H,1,3-10,13-15H2,2H3;12-13,17-22,28H,1,4-11,14-15H2,2-3H3/t19-,20+,21-,22-,23-,24+,25-,26+;17-,18+,19-,20-,21-,22+,24-,25-;2*17-,18+,19-,20-,21-,22+,23-,24-/m1111/s1. The maximum Gasteiger partial charge on any atom is 0.266 e. The Labute approximate surface area is 703 Å². The number of alkyl halides is 3. The van der Waals surface area contributed by atoms with Crippen molar-refractivity contribution in [3.8, 4) is 11.3 Å². The average molecular weight is 1630 g/mol. The Morgan fingerprint density at radius 3 is 1.10 bits per heavy atom. The molecule has 0 saturated heterocycles. The fraction of sp³-hybridized carbons (Fsp3) is 0.798. The van der Waals surface area contributed by atoms with E-state index in [0.717, 1.165) is 167 Å². The Bertz CT molecular complexity index is 4160. The lowest BCUT2D eigenvalue weighted by Gasteiger charge is -2.57. The zero-order valence-corrected chi connectivity index (χ0v) is 72.6. The van der Waals surface area contributed by atoms with Gasteiger partial charge >= 0.3 is 0 Å². The zero-order chi connectivity index (χ0) is 81.8. The number of halogens is 4. The topological polar surface area (TPSA) is 178 Å². The number of aromatic nitrogens is 10. The predicted octanol–water partition coefficient (Wildman–Crippen LogP) is 21.0. The second kappa shape index (κ2) is 33.3. The molecule has 14 nitrogen and oxygen atoms in total. The second-order valence-electron chi connectivity index (χ2n) is 44.1. The van der Waals surface area contributed by atoms with Crippen molar-refractivity contribution in [1.29, 1.82) is 0 Å². The molecule has 0 aliphatic heterocycles. The van der Waals surface area contributed by atoms with E-state index in [1.165, 1.54) is 170 Å². The molecule has 0 unspecified atom stereocenters. The van der Waals surface area contributed by atoms with Gasteiger partial charge in [-0.1, -0.05) is 82.2 Å². The highest BCUT2D eigenvalue weighted by atomic mass is 35.5. The molecular weight excluding hydrogens is 1490 g/mol. The molecule has 117 heavy (non-hydrogen) atoms. The van der Waals surface area contributed by atoms with E-state index in [2.05, 4.69) is 118 Å². The van der Waals surface area contributed by atoms with Crippen molar-refractivity contribution < 1.29 is 33.6 Å². The van der Waals surface area contributed by atoms with Crippen LogP contribution in [0.25, 0.3) is 0 Å². The van der Waals surface area contributed by atoms with Crippen LogP contribution in [0.2, 0.25) is 0 Å². The summed E-state index contributed by atoms with van der Waals surface area (Å²) in [6.07, 6.45) is 56.6. The molecule has 20 rings (SSSR count). The molecule has 32 atom stereocenters. The first-order valence-corrected chi connectivity index (χ1v) is 47.6. The van der Waals surface area contributed by atoms with E-state index in [0.29, 0.717) is 94.2 Å². The lowest BCUT2D eigenvalue weighted by Crippen LogP contribution is -2.52. The van der Waals surface area contributed by atoms with Crippen molar-refractivity contribution in [2.75, 3.05) is 6.67 Å². The zero-order valence-electron chi connectivity index (χ0n) is 71.8. The predicted molar refractivity (Wildman–Crippen MR) is 455 cm³/mol.